The lowest BCUT2D eigenvalue weighted by Gasteiger charge is -2.60. The highest BCUT2D eigenvalue weighted by molar-refractivity contribution is 5.66. The van der Waals surface area contributed by atoms with Gasteiger partial charge in [0.2, 0.25) is 0 Å². The van der Waals surface area contributed by atoms with Crippen molar-refractivity contribution < 1.29 is 24.1 Å². The van der Waals surface area contributed by atoms with Gasteiger partial charge in [0.15, 0.2) is 6.29 Å². The number of ether oxygens (including phenoxy) is 3. The highest BCUT2D eigenvalue weighted by Gasteiger charge is 2.60. The Hall–Kier alpha value is -0.650. The molecule has 214 valence electrons. The number of hydrogen-bond donors (Lipinski definition) is 1. The van der Waals surface area contributed by atoms with Crippen LogP contribution in [0.1, 0.15) is 130 Å². The van der Waals surface area contributed by atoms with Gasteiger partial charge >= 0.3 is 5.97 Å². The van der Waals surface area contributed by atoms with Crippen LogP contribution in [-0.4, -0.2) is 41.8 Å². The van der Waals surface area contributed by atoms with E-state index in [0.717, 1.165) is 19.3 Å². The molecule has 0 bridgehead atoms. The molecule has 1 aliphatic rings. The molecule has 1 aliphatic heterocycles. The third-order valence-electron chi connectivity index (χ3n) is 9.77. The topological polar surface area (TPSA) is 65.0 Å². The van der Waals surface area contributed by atoms with Crippen molar-refractivity contribution in [1.29, 1.82) is 0 Å². The number of carbonyl (C=O) groups excluding carboxylic acids is 1. The molecule has 0 saturated carbocycles. The largest absolute Gasteiger partial charge is 0.461 e. The van der Waals surface area contributed by atoms with Crippen molar-refractivity contribution in [3.8, 4) is 0 Å². The van der Waals surface area contributed by atoms with Gasteiger partial charge in [-0.15, -0.1) is 0 Å². The van der Waals surface area contributed by atoms with Crippen LogP contribution in [0.2, 0.25) is 0 Å². The van der Waals surface area contributed by atoms with Gasteiger partial charge in [-0.2, -0.15) is 0 Å². The van der Waals surface area contributed by atoms with Crippen molar-refractivity contribution >= 4 is 5.97 Å². The van der Waals surface area contributed by atoms with Crippen molar-refractivity contribution in [2.75, 3.05) is 0 Å². The molecule has 0 aliphatic carbocycles. The molecular formula is C31H60O5. The summed E-state index contributed by atoms with van der Waals surface area (Å²) in [7, 11) is 0. The van der Waals surface area contributed by atoms with Crippen LogP contribution < -0.4 is 0 Å². The summed E-state index contributed by atoms with van der Waals surface area (Å²) in [6.45, 7) is 33.8. The minimum Gasteiger partial charge on any atom is -0.461 e. The van der Waals surface area contributed by atoms with Gasteiger partial charge in [-0.3, -0.25) is 4.79 Å². The van der Waals surface area contributed by atoms with E-state index >= 15 is 0 Å². The molecular weight excluding hydrogens is 452 g/mol. The summed E-state index contributed by atoms with van der Waals surface area (Å²) >= 11 is 0. The van der Waals surface area contributed by atoms with E-state index in [2.05, 4.69) is 104 Å². The Morgan fingerprint density at radius 1 is 0.833 bits per heavy atom. The fraction of sp³-hybridized carbons (Fsp3) is 0.968. The summed E-state index contributed by atoms with van der Waals surface area (Å²) in [6.07, 6.45) is 1.35. The van der Waals surface area contributed by atoms with E-state index < -0.39 is 22.3 Å². The molecule has 0 amide bonds. The summed E-state index contributed by atoms with van der Waals surface area (Å²) in [5.74, 6) is -0.293. The molecule has 5 nitrogen and oxygen atoms in total. The van der Waals surface area contributed by atoms with Gasteiger partial charge in [0.05, 0.1) is 18.3 Å². The summed E-state index contributed by atoms with van der Waals surface area (Å²) in [5, 5.41) is 12.2. The number of carbonyl (C=O) groups is 1. The predicted octanol–water partition coefficient (Wildman–Crippen LogP) is 7.78. The van der Waals surface area contributed by atoms with Crippen molar-refractivity contribution in [3.05, 3.63) is 0 Å². The van der Waals surface area contributed by atoms with E-state index in [1.165, 1.54) is 6.92 Å². The molecule has 0 radical (unpaired) electrons. The Balaban J connectivity index is 3.46. The fourth-order valence-electron chi connectivity index (χ4n) is 6.03. The minimum atomic E-state index is -0.695. The highest BCUT2D eigenvalue weighted by Crippen LogP contribution is 2.58. The van der Waals surface area contributed by atoms with E-state index in [9.17, 15) is 9.90 Å². The molecule has 36 heavy (non-hydrogen) atoms. The van der Waals surface area contributed by atoms with Crippen LogP contribution in [-0.2, 0) is 19.0 Å². The van der Waals surface area contributed by atoms with Crippen molar-refractivity contribution in [1.82, 2.24) is 0 Å². The number of aliphatic hydroxyl groups excluding tert-OH is 1. The second-order valence-electron chi connectivity index (χ2n) is 15.7. The molecule has 5 atom stereocenters. The molecule has 0 aromatic carbocycles. The molecule has 1 fully saturated rings. The maximum atomic E-state index is 12.2. The number of aliphatic hydroxyl groups is 1. The van der Waals surface area contributed by atoms with E-state index in [-0.39, 0.29) is 46.8 Å². The van der Waals surface area contributed by atoms with Gasteiger partial charge in [-0.25, -0.2) is 0 Å². The maximum Gasteiger partial charge on any atom is 0.302 e. The van der Waals surface area contributed by atoms with Crippen LogP contribution in [0.3, 0.4) is 0 Å². The summed E-state index contributed by atoms with van der Waals surface area (Å²) in [5.41, 5.74) is -2.27. The first-order chi connectivity index (χ1) is 15.8. The van der Waals surface area contributed by atoms with Crippen LogP contribution in [0.25, 0.3) is 0 Å². The highest BCUT2D eigenvalue weighted by atomic mass is 16.7. The lowest BCUT2D eigenvalue weighted by atomic mass is 9.49. The Morgan fingerprint density at radius 3 is 1.69 bits per heavy atom. The molecule has 1 rings (SSSR count). The van der Waals surface area contributed by atoms with Gasteiger partial charge < -0.3 is 19.3 Å². The van der Waals surface area contributed by atoms with Crippen LogP contribution in [0.15, 0.2) is 0 Å². The Bertz CT molecular complexity index is 735. The second kappa shape index (κ2) is 10.8. The summed E-state index contributed by atoms with van der Waals surface area (Å²) < 4.78 is 18.9. The molecule has 5 heteroatoms. The standard InChI is InChI=1S/C31H60O5/c1-17-18-23-35-21(26(3,4)5)19-22(36-23)28(9,10)29(11,12)24(33)30(13,14)31(15,16)25(27(6,7)8)34-20(2)32/h21-25,33H,17-19H2,1-16H3. The number of esters is 1. The maximum absolute atomic E-state index is 12.2. The number of hydrogen-bond acceptors (Lipinski definition) is 5. The quantitative estimate of drug-likeness (QED) is 0.320. The Labute approximate surface area is 223 Å². The minimum absolute atomic E-state index is 0.00190. The first-order valence-corrected chi connectivity index (χ1v) is 14.0. The SMILES string of the molecule is CCCC1OC(C(C)(C)C)CC(C(C)(C)C(C)(C)C(O)C(C)(C)C(C)(C)C(OC(C)=O)C(C)(C)C)O1. The molecule has 1 saturated heterocycles. The third-order valence-corrected chi connectivity index (χ3v) is 9.77. The summed E-state index contributed by atoms with van der Waals surface area (Å²) in [6, 6.07) is 0. The van der Waals surface area contributed by atoms with Crippen LogP contribution in [0.5, 0.6) is 0 Å². The van der Waals surface area contributed by atoms with Gasteiger partial charge in [-0.1, -0.05) is 110 Å². The molecule has 0 aromatic heterocycles. The molecule has 1 heterocycles. The van der Waals surface area contributed by atoms with E-state index in [4.69, 9.17) is 14.2 Å². The predicted molar refractivity (Wildman–Crippen MR) is 149 cm³/mol. The van der Waals surface area contributed by atoms with Gasteiger partial charge in [0.25, 0.3) is 0 Å². The average molecular weight is 513 g/mol. The van der Waals surface area contributed by atoms with Crippen molar-refractivity contribution in [3.63, 3.8) is 0 Å². The van der Waals surface area contributed by atoms with Crippen LogP contribution >= 0.6 is 0 Å². The van der Waals surface area contributed by atoms with E-state index in [0.29, 0.717) is 0 Å². The molecule has 5 unspecified atom stereocenters. The zero-order chi connectivity index (χ0) is 28.7. The zero-order valence-corrected chi connectivity index (χ0v) is 26.6. The van der Waals surface area contributed by atoms with Crippen LogP contribution in [0, 0.1) is 32.5 Å². The van der Waals surface area contributed by atoms with Gasteiger partial charge in [0.1, 0.15) is 6.10 Å². The van der Waals surface area contributed by atoms with Crippen molar-refractivity contribution in [2.24, 2.45) is 32.5 Å². The first-order valence-electron chi connectivity index (χ1n) is 14.0. The Kier molecular flexibility index (Phi) is 10.1. The average Bonchev–Trinajstić information content (AvgIpc) is 2.69. The van der Waals surface area contributed by atoms with E-state index in [1.807, 2.05) is 0 Å². The zero-order valence-electron chi connectivity index (χ0n) is 26.6. The normalized spacial score (nSPS) is 24.9. The lowest BCUT2D eigenvalue weighted by molar-refractivity contribution is -0.300. The first kappa shape index (κ1) is 33.4. The molecule has 1 N–H and O–H groups in total. The van der Waals surface area contributed by atoms with Gasteiger partial charge in [-0.05, 0) is 33.5 Å². The lowest BCUT2D eigenvalue weighted by Crippen LogP contribution is -2.62. The van der Waals surface area contributed by atoms with Crippen molar-refractivity contribution in [2.45, 2.75) is 161 Å². The smallest absolute Gasteiger partial charge is 0.302 e. The molecule has 0 aromatic rings. The van der Waals surface area contributed by atoms with E-state index in [1.54, 1.807) is 0 Å². The monoisotopic (exact) mass is 512 g/mol. The second-order valence-corrected chi connectivity index (χ2v) is 15.7. The Morgan fingerprint density at radius 2 is 1.31 bits per heavy atom. The van der Waals surface area contributed by atoms with Crippen LogP contribution in [0.4, 0.5) is 0 Å². The molecule has 0 spiro atoms. The van der Waals surface area contributed by atoms with Gasteiger partial charge in [0, 0.05) is 18.8 Å². The fourth-order valence-corrected chi connectivity index (χ4v) is 6.03. The summed E-state index contributed by atoms with van der Waals surface area (Å²) in [4.78, 5) is 12.1. The number of rotatable bonds is 9. The third kappa shape index (κ3) is 6.67.